The molecule has 0 saturated carbocycles. The molecule has 0 bridgehead atoms. The molecule has 0 aromatic carbocycles. The predicted octanol–water partition coefficient (Wildman–Crippen LogP) is 1.66. The topological polar surface area (TPSA) is 30.0 Å². The van der Waals surface area contributed by atoms with Gasteiger partial charge in [-0.3, -0.25) is 4.79 Å². The van der Waals surface area contributed by atoms with Gasteiger partial charge in [0, 0.05) is 11.1 Å². The molecule has 3 heteroatoms. The largest absolute Gasteiger partial charge is 0.299 e. The zero-order valence-corrected chi connectivity index (χ0v) is 6.39. The number of carbonyl (C=O) groups excluding carboxylic acids is 1. The third kappa shape index (κ3) is 1.77. The maximum atomic E-state index is 9.88. The summed E-state index contributed by atoms with van der Waals surface area (Å²) in [5.74, 6) is 0. The van der Waals surface area contributed by atoms with Crippen molar-refractivity contribution in [3.05, 3.63) is 22.2 Å². The Morgan fingerprint density at radius 3 is 3.00 bits per heavy atom. The minimum Gasteiger partial charge on any atom is -0.299 e. The van der Waals surface area contributed by atoms with E-state index in [1.165, 1.54) is 17.4 Å². The van der Waals surface area contributed by atoms with E-state index >= 15 is 0 Å². The number of aldehydes is 1. The Bertz CT molecular complexity index is 252. The van der Waals surface area contributed by atoms with E-state index in [9.17, 15) is 4.79 Å². The van der Waals surface area contributed by atoms with Crippen LogP contribution in [0.25, 0.3) is 6.08 Å². The zero-order valence-electron chi connectivity index (χ0n) is 5.57. The van der Waals surface area contributed by atoms with Gasteiger partial charge in [0.25, 0.3) is 0 Å². The van der Waals surface area contributed by atoms with E-state index in [0.717, 1.165) is 17.0 Å². The minimum atomic E-state index is 0.747. The molecule has 0 saturated heterocycles. The lowest BCUT2D eigenvalue weighted by molar-refractivity contribution is -0.104. The van der Waals surface area contributed by atoms with Crippen LogP contribution in [0.4, 0.5) is 0 Å². The van der Waals surface area contributed by atoms with E-state index in [0.29, 0.717) is 0 Å². The number of thiazole rings is 1. The molecule has 0 radical (unpaired) electrons. The summed E-state index contributed by atoms with van der Waals surface area (Å²) in [5, 5.41) is 2.83. The average Bonchev–Trinajstić information content (AvgIpc) is 2.31. The summed E-state index contributed by atoms with van der Waals surface area (Å²) in [5.41, 5.74) is 0.996. The molecule has 2 nitrogen and oxygen atoms in total. The summed E-state index contributed by atoms with van der Waals surface area (Å²) >= 11 is 1.53. The van der Waals surface area contributed by atoms with E-state index in [4.69, 9.17) is 0 Å². The van der Waals surface area contributed by atoms with E-state index in [-0.39, 0.29) is 0 Å². The number of aromatic nitrogens is 1. The summed E-state index contributed by atoms with van der Waals surface area (Å²) < 4.78 is 0. The van der Waals surface area contributed by atoms with Gasteiger partial charge >= 0.3 is 0 Å². The quantitative estimate of drug-likeness (QED) is 0.477. The number of hydrogen-bond acceptors (Lipinski definition) is 3. The van der Waals surface area contributed by atoms with Crippen molar-refractivity contribution in [2.24, 2.45) is 0 Å². The van der Waals surface area contributed by atoms with Crippen LogP contribution >= 0.6 is 11.3 Å². The molecule has 1 rings (SSSR count). The highest BCUT2D eigenvalue weighted by Crippen LogP contribution is 2.09. The van der Waals surface area contributed by atoms with Crippen LogP contribution in [0.15, 0.2) is 11.5 Å². The van der Waals surface area contributed by atoms with Crippen LogP contribution in [-0.2, 0) is 4.79 Å². The summed E-state index contributed by atoms with van der Waals surface area (Å²) in [4.78, 5) is 14.0. The van der Waals surface area contributed by atoms with Gasteiger partial charge in [-0.1, -0.05) is 0 Å². The Balaban J connectivity index is 2.75. The summed E-state index contributed by atoms with van der Waals surface area (Å²) in [6.07, 6.45) is 3.89. The summed E-state index contributed by atoms with van der Waals surface area (Å²) in [7, 11) is 0. The fourth-order valence-electron chi connectivity index (χ4n) is 0.570. The molecule has 0 N–H and O–H groups in total. The third-order valence-electron chi connectivity index (χ3n) is 0.954. The number of rotatable bonds is 2. The molecule has 1 aromatic heterocycles. The van der Waals surface area contributed by atoms with Gasteiger partial charge in [0.1, 0.15) is 11.3 Å². The molecular weight excluding hydrogens is 146 g/mol. The van der Waals surface area contributed by atoms with Gasteiger partial charge < -0.3 is 0 Å². The predicted molar refractivity (Wildman–Crippen MR) is 41.9 cm³/mol. The van der Waals surface area contributed by atoms with Crippen LogP contribution in [0.1, 0.15) is 10.7 Å². The SMILES string of the molecule is Cc1csc(/C=C/C=O)n1. The first-order chi connectivity index (χ1) is 4.83. The zero-order chi connectivity index (χ0) is 7.40. The number of nitrogens with zero attached hydrogens (tertiary/aromatic N) is 1. The van der Waals surface area contributed by atoms with Crippen molar-refractivity contribution in [2.75, 3.05) is 0 Å². The third-order valence-corrected chi connectivity index (χ3v) is 1.88. The van der Waals surface area contributed by atoms with Crippen molar-refractivity contribution in [1.82, 2.24) is 4.98 Å². The van der Waals surface area contributed by atoms with Gasteiger partial charge in [-0.2, -0.15) is 0 Å². The lowest BCUT2D eigenvalue weighted by Crippen LogP contribution is -1.70. The van der Waals surface area contributed by atoms with Crippen LogP contribution in [0.3, 0.4) is 0 Å². The lowest BCUT2D eigenvalue weighted by Gasteiger charge is -1.76. The molecule has 0 unspecified atom stereocenters. The van der Waals surface area contributed by atoms with E-state index in [1.807, 2.05) is 12.3 Å². The smallest absolute Gasteiger partial charge is 0.142 e. The van der Waals surface area contributed by atoms with Crippen LogP contribution in [0, 0.1) is 6.92 Å². The molecule has 1 heterocycles. The van der Waals surface area contributed by atoms with Crippen LogP contribution < -0.4 is 0 Å². The first-order valence-corrected chi connectivity index (χ1v) is 3.75. The monoisotopic (exact) mass is 153 g/mol. The van der Waals surface area contributed by atoms with Gasteiger partial charge in [0.05, 0.1) is 0 Å². The van der Waals surface area contributed by atoms with Crippen LogP contribution in [0.2, 0.25) is 0 Å². The molecule has 0 spiro atoms. The lowest BCUT2D eigenvalue weighted by atomic mass is 10.5. The van der Waals surface area contributed by atoms with E-state index < -0.39 is 0 Å². The highest BCUT2D eigenvalue weighted by molar-refractivity contribution is 7.10. The van der Waals surface area contributed by atoms with Crippen molar-refractivity contribution in [3.8, 4) is 0 Å². The van der Waals surface area contributed by atoms with Crippen molar-refractivity contribution < 1.29 is 4.79 Å². The average molecular weight is 153 g/mol. The first-order valence-electron chi connectivity index (χ1n) is 2.87. The number of allylic oxidation sites excluding steroid dienone is 1. The fourth-order valence-corrected chi connectivity index (χ4v) is 1.27. The Kier molecular flexibility index (Phi) is 2.34. The van der Waals surface area contributed by atoms with Crippen LogP contribution in [-0.4, -0.2) is 11.3 Å². The second kappa shape index (κ2) is 3.27. The van der Waals surface area contributed by atoms with Gasteiger partial charge in [-0.15, -0.1) is 11.3 Å². The fraction of sp³-hybridized carbons (Fsp3) is 0.143. The minimum absolute atomic E-state index is 0.747. The van der Waals surface area contributed by atoms with Crippen molar-refractivity contribution in [3.63, 3.8) is 0 Å². The van der Waals surface area contributed by atoms with Gasteiger partial charge in [0.15, 0.2) is 0 Å². The highest BCUT2D eigenvalue weighted by Gasteiger charge is 1.90. The van der Waals surface area contributed by atoms with Crippen molar-refractivity contribution in [1.29, 1.82) is 0 Å². The van der Waals surface area contributed by atoms with Crippen molar-refractivity contribution >= 4 is 23.7 Å². The molecule has 1 aromatic rings. The molecular formula is C7H7NOS. The Labute approximate surface area is 63.2 Å². The molecule has 0 fully saturated rings. The molecule has 0 atom stereocenters. The van der Waals surface area contributed by atoms with Gasteiger partial charge in [-0.25, -0.2) is 4.98 Å². The Morgan fingerprint density at radius 2 is 2.50 bits per heavy atom. The number of carbonyl (C=O) groups is 1. The van der Waals surface area contributed by atoms with Crippen LogP contribution in [0.5, 0.6) is 0 Å². The van der Waals surface area contributed by atoms with Gasteiger partial charge in [-0.05, 0) is 19.1 Å². The second-order valence-electron chi connectivity index (χ2n) is 1.82. The first kappa shape index (κ1) is 7.15. The Morgan fingerprint density at radius 1 is 1.70 bits per heavy atom. The highest BCUT2D eigenvalue weighted by atomic mass is 32.1. The number of aryl methyl sites for hydroxylation is 1. The maximum absolute atomic E-state index is 9.88. The van der Waals surface area contributed by atoms with E-state index in [2.05, 4.69) is 4.98 Å². The second-order valence-corrected chi connectivity index (χ2v) is 2.71. The normalized spacial score (nSPS) is 10.5. The molecule has 0 aliphatic heterocycles. The molecule has 52 valence electrons. The molecule has 0 aliphatic carbocycles. The van der Waals surface area contributed by atoms with E-state index in [1.54, 1.807) is 6.08 Å². The number of hydrogen-bond donors (Lipinski definition) is 0. The molecule has 10 heavy (non-hydrogen) atoms. The molecule has 0 amide bonds. The molecule has 0 aliphatic rings. The van der Waals surface area contributed by atoms with Crippen molar-refractivity contribution in [2.45, 2.75) is 6.92 Å². The van der Waals surface area contributed by atoms with Gasteiger partial charge in [0.2, 0.25) is 0 Å². The summed E-state index contributed by atoms with van der Waals surface area (Å²) in [6.45, 7) is 1.93. The Hall–Kier alpha value is -0.960. The summed E-state index contributed by atoms with van der Waals surface area (Å²) in [6, 6.07) is 0. The maximum Gasteiger partial charge on any atom is 0.142 e. The standard InChI is InChI=1S/C7H7NOS/c1-6-5-10-7(8-6)3-2-4-9/h2-5H,1H3/b3-2+.